The zero-order valence-electron chi connectivity index (χ0n) is 9.94. The first-order valence-electron chi connectivity index (χ1n) is 5.30. The van der Waals surface area contributed by atoms with Crippen LogP contribution in [0.1, 0.15) is 31.6 Å². The Labute approximate surface area is 112 Å². The van der Waals surface area contributed by atoms with E-state index in [1.165, 1.54) is 12.3 Å². The molecule has 5 nitrogen and oxygen atoms in total. The fraction of sp³-hybridized carbons (Fsp3) is 0.667. The maximum Gasteiger partial charge on any atom is 0.389 e. The number of rotatable bonds is 6. The molecule has 0 aliphatic rings. The van der Waals surface area contributed by atoms with E-state index in [1.54, 1.807) is 0 Å². The number of nitrogens with one attached hydrogen (secondary N) is 1. The third-order valence-corrected chi connectivity index (χ3v) is 4.30. The van der Waals surface area contributed by atoms with Gasteiger partial charge in [0.2, 0.25) is 10.0 Å². The van der Waals surface area contributed by atoms with Gasteiger partial charge in [0, 0.05) is 11.8 Å². The number of thiazole rings is 1. The van der Waals surface area contributed by atoms with Crippen molar-refractivity contribution in [1.29, 1.82) is 0 Å². The molecular formula is C9H13F3N2O3S2. The number of halogens is 3. The van der Waals surface area contributed by atoms with E-state index in [2.05, 4.69) is 9.71 Å². The molecule has 1 atom stereocenters. The Morgan fingerprint density at radius 1 is 1.53 bits per heavy atom. The van der Waals surface area contributed by atoms with Gasteiger partial charge in [0.05, 0.1) is 17.6 Å². The van der Waals surface area contributed by atoms with Crippen molar-refractivity contribution in [2.75, 3.05) is 10.5 Å². The second kappa shape index (κ2) is 6.06. The molecule has 2 N–H and O–H groups in total. The highest BCUT2D eigenvalue weighted by Gasteiger charge is 2.27. The number of aromatic nitrogens is 1. The quantitative estimate of drug-likeness (QED) is 0.843. The first kappa shape index (κ1) is 16.2. The molecule has 0 aromatic carbocycles. The van der Waals surface area contributed by atoms with Crippen LogP contribution in [0.3, 0.4) is 0 Å². The van der Waals surface area contributed by atoms with Crippen molar-refractivity contribution in [3.05, 3.63) is 11.1 Å². The minimum atomic E-state index is -4.36. The number of nitrogens with zero attached hydrogens (tertiary/aromatic N) is 1. The molecule has 0 aliphatic heterocycles. The molecule has 1 aromatic heterocycles. The van der Waals surface area contributed by atoms with Crippen LogP contribution in [0.5, 0.6) is 0 Å². The molecule has 0 saturated carbocycles. The smallest absolute Gasteiger partial charge is 0.387 e. The van der Waals surface area contributed by atoms with E-state index in [0.29, 0.717) is 5.69 Å². The normalized spacial score (nSPS) is 14.4. The van der Waals surface area contributed by atoms with Crippen LogP contribution in [0.25, 0.3) is 0 Å². The van der Waals surface area contributed by atoms with Crippen LogP contribution in [0.2, 0.25) is 0 Å². The van der Waals surface area contributed by atoms with E-state index in [0.717, 1.165) is 11.3 Å². The molecule has 0 bridgehead atoms. The Kier molecular flexibility index (Phi) is 5.16. The lowest BCUT2D eigenvalue weighted by Gasteiger charge is -2.07. The van der Waals surface area contributed by atoms with Crippen molar-refractivity contribution in [3.63, 3.8) is 0 Å². The molecule has 1 unspecified atom stereocenters. The fourth-order valence-electron chi connectivity index (χ4n) is 1.17. The molecule has 0 aliphatic carbocycles. The summed E-state index contributed by atoms with van der Waals surface area (Å²) in [5, 5.41) is 10.7. The summed E-state index contributed by atoms with van der Waals surface area (Å²) in [6.45, 7) is 1.47. The van der Waals surface area contributed by atoms with Crippen molar-refractivity contribution in [3.8, 4) is 0 Å². The van der Waals surface area contributed by atoms with Crippen LogP contribution in [0, 0.1) is 0 Å². The predicted molar refractivity (Wildman–Crippen MR) is 65.4 cm³/mol. The average molecular weight is 318 g/mol. The largest absolute Gasteiger partial charge is 0.389 e. The number of aliphatic hydroxyl groups excluding tert-OH is 1. The summed E-state index contributed by atoms with van der Waals surface area (Å²) in [6.07, 6.45) is -6.85. The van der Waals surface area contributed by atoms with Crippen LogP contribution in [-0.2, 0) is 10.0 Å². The highest BCUT2D eigenvalue weighted by molar-refractivity contribution is 7.92. The number of hydrogen-bond donors (Lipinski definition) is 2. The summed E-state index contributed by atoms with van der Waals surface area (Å²) in [7, 11) is -3.85. The Hall–Kier alpha value is -0.870. The van der Waals surface area contributed by atoms with E-state index >= 15 is 0 Å². The molecule has 0 saturated heterocycles. The topological polar surface area (TPSA) is 79.3 Å². The predicted octanol–water partition coefficient (Wildman–Crippen LogP) is 2.28. The molecule has 10 heteroatoms. The summed E-state index contributed by atoms with van der Waals surface area (Å²) >= 11 is 0.960. The second-order valence-electron chi connectivity index (χ2n) is 3.89. The number of anilines is 1. The summed E-state index contributed by atoms with van der Waals surface area (Å²) in [5.74, 6) is -0.629. The van der Waals surface area contributed by atoms with Gasteiger partial charge in [0.15, 0.2) is 5.13 Å². The van der Waals surface area contributed by atoms with Crippen molar-refractivity contribution < 1.29 is 26.7 Å². The van der Waals surface area contributed by atoms with Crippen molar-refractivity contribution in [1.82, 2.24) is 4.98 Å². The Bertz CT molecular complexity index is 511. The van der Waals surface area contributed by atoms with E-state index in [9.17, 15) is 26.7 Å². The van der Waals surface area contributed by atoms with Gasteiger partial charge in [-0.1, -0.05) is 0 Å². The van der Waals surface area contributed by atoms with Gasteiger partial charge in [0.25, 0.3) is 0 Å². The molecule has 0 amide bonds. The first-order valence-corrected chi connectivity index (χ1v) is 7.83. The minimum absolute atomic E-state index is 0.0305. The summed E-state index contributed by atoms with van der Waals surface area (Å²) < 4.78 is 60.8. The van der Waals surface area contributed by atoms with Crippen molar-refractivity contribution >= 4 is 26.5 Å². The SMILES string of the molecule is CC(O)c1csc(NS(=O)(=O)CCCC(F)(F)F)n1. The standard InChI is InChI=1S/C9H13F3N2O3S2/c1-6(15)7-5-18-8(13-7)14-19(16,17)4-2-3-9(10,11)12/h5-6,15H,2-4H2,1H3,(H,13,14). The van der Waals surface area contributed by atoms with Crippen molar-refractivity contribution in [2.45, 2.75) is 32.0 Å². The van der Waals surface area contributed by atoms with Crippen LogP contribution in [0.15, 0.2) is 5.38 Å². The molecule has 1 aromatic rings. The lowest BCUT2D eigenvalue weighted by Crippen LogP contribution is -2.18. The molecule has 1 heterocycles. The number of sulfonamides is 1. The van der Waals surface area contributed by atoms with E-state index in [4.69, 9.17) is 0 Å². The zero-order chi connectivity index (χ0) is 14.7. The average Bonchev–Trinajstić information content (AvgIpc) is 2.62. The van der Waals surface area contributed by atoms with E-state index in [-0.39, 0.29) is 5.13 Å². The van der Waals surface area contributed by atoms with Gasteiger partial charge in [0.1, 0.15) is 0 Å². The maximum absolute atomic E-state index is 11.9. The molecule has 0 radical (unpaired) electrons. The third kappa shape index (κ3) is 6.21. The summed E-state index contributed by atoms with van der Waals surface area (Å²) in [5.41, 5.74) is 0.304. The third-order valence-electron chi connectivity index (χ3n) is 2.07. The Morgan fingerprint density at radius 3 is 2.63 bits per heavy atom. The first-order chi connectivity index (χ1) is 8.59. The van der Waals surface area contributed by atoms with Crippen LogP contribution in [0.4, 0.5) is 18.3 Å². The Balaban J connectivity index is 2.54. The van der Waals surface area contributed by atoms with E-state index in [1.807, 2.05) is 0 Å². The van der Waals surface area contributed by atoms with Crippen LogP contribution in [-0.4, -0.2) is 30.4 Å². The van der Waals surface area contributed by atoms with Gasteiger partial charge >= 0.3 is 6.18 Å². The zero-order valence-corrected chi connectivity index (χ0v) is 11.6. The molecular weight excluding hydrogens is 305 g/mol. The molecule has 0 spiro atoms. The summed E-state index contributed by atoms with van der Waals surface area (Å²) in [6, 6.07) is 0. The van der Waals surface area contributed by atoms with E-state index < -0.39 is 40.9 Å². The Morgan fingerprint density at radius 2 is 2.16 bits per heavy atom. The monoisotopic (exact) mass is 318 g/mol. The minimum Gasteiger partial charge on any atom is -0.387 e. The fourth-order valence-corrected chi connectivity index (χ4v) is 3.32. The van der Waals surface area contributed by atoms with Crippen LogP contribution < -0.4 is 4.72 Å². The highest BCUT2D eigenvalue weighted by Crippen LogP contribution is 2.23. The molecule has 19 heavy (non-hydrogen) atoms. The molecule has 0 fully saturated rings. The van der Waals surface area contributed by atoms with Crippen molar-refractivity contribution in [2.24, 2.45) is 0 Å². The molecule has 110 valence electrons. The van der Waals surface area contributed by atoms with Gasteiger partial charge in [-0.25, -0.2) is 13.4 Å². The lowest BCUT2D eigenvalue weighted by molar-refractivity contribution is -0.134. The van der Waals surface area contributed by atoms with Gasteiger partial charge in [-0.2, -0.15) is 13.2 Å². The molecule has 1 rings (SSSR count). The van der Waals surface area contributed by atoms with Gasteiger partial charge < -0.3 is 5.11 Å². The maximum atomic E-state index is 11.9. The van der Waals surface area contributed by atoms with Crippen LogP contribution >= 0.6 is 11.3 Å². The van der Waals surface area contributed by atoms with Gasteiger partial charge in [-0.3, -0.25) is 4.72 Å². The number of hydrogen-bond acceptors (Lipinski definition) is 5. The number of aliphatic hydroxyl groups is 1. The highest BCUT2D eigenvalue weighted by atomic mass is 32.2. The lowest BCUT2D eigenvalue weighted by atomic mass is 10.3. The second-order valence-corrected chi connectivity index (χ2v) is 6.59. The van der Waals surface area contributed by atoms with Gasteiger partial charge in [-0.15, -0.1) is 11.3 Å². The van der Waals surface area contributed by atoms with Gasteiger partial charge in [-0.05, 0) is 13.3 Å². The number of alkyl halides is 3. The summed E-state index contributed by atoms with van der Waals surface area (Å²) in [4.78, 5) is 3.81.